The van der Waals surface area contributed by atoms with Crippen LogP contribution < -0.4 is 10.5 Å². The Morgan fingerprint density at radius 2 is 2.38 bits per heavy atom. The highest BCUT2D eigenvalue weighted by Gasteiger charge is 2.25. The van der Waals surface area contributed by atoms with Crippen LogP contribution in [0.1, 0.15) is 18.5 Å². The molecule has 0 aromatic carbocycles. The summed E-state index contributed by atoms with van der Waals surface area (Å²) >= 11 is 0. The normalized spacial score (nSPS) is 15.4. The molecule has 16 heavy (non-hydrogen) atoms. The number of nitrogens with two attached hydrogens (primary N) is 1. The molecule has 5 heteroatoms. The van der Waals surface area contributed by atoms with Gasteiger partial charge in [-0.25, -0.2) is 4.98 Å². The lowest BCUT2D eigenvalue weighted by molar-refractivity contribution is 0.220. The van der Waals surface area contributed by atoms with Gasteiger partial charge in [0.05, 0.1) is 5.69 Å². The van der Waals surface area contributed by atoms with E-state index < -0.39 is 0 Å². The molecule has 0 atom stereocenters. The number of aromatic nitrogens is 2. The molecule has 0 unspecified atom stereocenters. The summed E-state index contributed by atoms with van der Waals surface area (Å²) in [5.41, 5.74) is 6.30. The van der Waals surface area contributed by atoms with Crippen LogP contribution in [0.3, 0.4) is 0 Å². The second kappa shape index (κ2) is 5.23. The van der Waals surface area contributed by atoms with E-state index in [0.29, 0.717) is 19.2 Å². The molecule has 1 aromatic heterocycles. The number of nitrogens with zero attached hydrogens (tertiary/aromatic N) is 3. The SMILES string of the molecule is CN(CCOc1nccc(CN)n1)C1CC1. The molecule has 0 amide bonds. The van der Waals surface area contributed by atoms with E-state index in [2.05, 4.69) is 21.9 Å². The third-order valence-electron chi connectivity index (χ3n) is 2.75. The van der Waals surface area contributed by atoms with Gasteiger partial charge in [-0.15, -0.1) is 0 Å². The minimum atomic E-state index is 0.418. The fourth-order valence-electron chi connectivity index (χ4n) is 1.54. The molecule has 5 nitrogen and oxygen atoms in total. The predicted octanol–water partition coefficient (Wildman–Crippen LogP) is 0.408. The van der Waals surface area contributed by atoms with Crippen LogP contribution >= 0.6 is 0 Å². The zero-order chi connectivity index (χ0) is 11.4. The molecule has 1 saturated carbocycles. The topological polar surface area (TPSA) is 64.3 Å². The van der Waals surface area contributed by atoms with Crippen molar-refractivity contribution in [1.82, 2.24) is 14.9 Å². The van der Waals surface area contributed by atoms with Gasteiger partial charge in [-0.3, -0.25) is 0 Å². The van der Waals surface area contributed by atoms with Crippen LogP contribution in [0.15, 0.2) is 12.3 Å². The van der Waals surface area contributed by atoms with Crippen molar-refractivity contribution in [2.24, 2.45) is 5.73 Å². The van der Waals surface area contributed by atoms with E-state index in [0.717, 1.165) is 18.3 Å². The molecule has 0 saturated heterocycles. The van der Waals surface area contributed by atoms with Gasteiger partial charge in [0, 0.05) is 25.3 Å². The summed E-state index contributed by atoms with van der Waals surface area (Å²) in [5, 5.41) is 0. The fraction of sp³-hybridized carbons (Fsp3) is 0.636. The van der Waals surface area contributed by atoms with Crippen molar-refractivity contribution >= 4 is 0 Å². The standard InChI is InChI=1S/C11H18N4O/c1-15(10-2-3-10)6-7-16-11-13-5-4-9(8-12)14-11/h4-5,10H,2-3,6-8,12H2,1H3. The van der Waals surface area contributed by atoms with Gasteiger partial charge in [0.2, 0.25) is 0 Å². The van der Waals surface area contributed by atoms with Crippen LogP contribution in [0, 0.1) is 0 Å². The van der Waals surface area contributed by atoms with Crippen molar-refractivity contribution in [2.45, 2.75) is 25.4 Å². The summed E-state index contributed by atoms with van der Waals surface area (Å²) in [6, 6.07) is 2.98. The first-order chi connectivity index (χ1) is 7.79. The minimum Gasteiger partial charge on any atom is -0.462 e. The third-order valence-corrected chi connectivity index (χ3v) is 2.75. The van der Waals surface area contributed by atoms with Crippen molar-refractivity contribution < 1.29 is 4.74 Å². The van der Waals surface area contributed by atoms with Crippen molar-refractivity contribution in [1.29, 1.82) is 0 Å². The summed E-state index contributed by atoms with van der Waals surface area (Å²) in [7, 11) is 2.12. The summed E-state index contributed by atoms with van der Waals surface area (Å²) in [6.07, 6.45) is 4.31. The van der Waals surface area contributed by atoms with E-state index in [1.54, 1.807) is 12.3 Å². The van der Waals surface area contributed by atoms with Crippen LogP contribution in [0.25, 0.3) is 0 Å². The highest BCUT2D eigenvalue weighted by atomic mass is 16.5. The Hall–Kier alpha value is -1.20. The van der Waals surface area contributed by atoms with E-state index in [-0.39, 0.29) is 0 Å². The van der Waals surface area contributed by atoms with E-state index in [4.69, 9.17) is 10.5 Å². The molecule has 1 heterocycles. The first-order valence-corrected chi connectivity index (χ1v) is 5.64. The number of likely N-dealkylation sites (N-methyl/N-ethyl adjacent to an activating group) is 1. The molecule has 2 rings (SSSR count). The number of hydrogen-bond acceptors (Lipinski definition) is 5. The van der Waals surface area contributed by atoms with Crippen LogP contribution in [-0.2, 0) is 6.54 Å². The fourth-order valence-corrected chi connectivity index (χ4v) is 1.54. The monoisotopic (exact) mass is 222 g/mol. The highest BCUT2D eigenvalue weighted by Crippen LogP contribution is 2.24. The Morgan fingerprint density at radius 1 is 1.56 bits per heavy atom. The van der Waals surface area contributed by atoms with E-state index >= 15 is 0 Å². The van der Waals surface area contributed by atoms with Crippen molar-refractivity contribution in [2.75, 3.05) is 20.2 Å². The number of hydrogen-bond donors (Lipinski definition) is 1. The second-order valence-electron chi connectivity index (χ2n) is 4.09. The van der Waals surface area contributed by atoms with E-state index in [9.17, 15) is 0 Å². The first kappa shape index (κ1) is 11.3. The maximum absolute atomic E-state index is 5.49. The lowest BCUT2D eigenvalue weighted by Gasteiger charge is -2.15. The van der Waals surface area contributed by atoms with Crippen LogP contribution in [0.5, 0.6) is 6.01 Å². The minimum absolute atomic E-state index is 0.418. The maximum atomic E-state index is 5.49. The van der Waals surface area contributed by atoms with Gasteiger partial charge in [-0.2, -0.15) is 4.98 Å². The van der Waals surface area contributed by atoms with E-state index in [1.807, 2.05) is 0 Å². The summed E-state index contributed by atoms with van der Waals surface area (Å²) in [5.74, 6) is 0. The predicted molar refractivity (Wildman–Crippen MR) is 61.1 cm³/mol. The molecule has 1 fully saturated rings. The average Bonchev–Trinajstić information content (AvgIpc) is 3.13. The Balaban J connectivity index is 1.75. The van der Waals surface area contributed by atoms with Gasteiger partial charge >= 0.3 is 6.01 Å². The maximum Gasteiger partial charge on any atom is 0.316 e. The second-order valence-corrected chi connectivity index (χ2v) is 4.09. The largest absolute Gasteiger partial charge is 0.462 e. The molecule has 1 aromatic rings. The van der Waals surface area contributed by atoms with Gasteiger partial charge in [0.1, 0.15) is 6.61 Å². The van der Waals surface area contributed by atoms with Gasteiger partial charge in [-0.05, 0) is 26.0 Å². The molecule has 88 valence electrons. The molecule has 1 aliphatic rings. The molecule has 0 radical (unpaired) electrons. The Morgan fingerprint density at radius 3 is 3.06 bits per heavy atom. The molecule has 1 aliphatic carbocycles. The molecular formula is C11H18N4O. The Kier molecular flexibility index (Phi) is 3.69. The van der Waals surface area contributed by atoms with Crippen molar-refractivity contribution in [3.8, 4) is 6.01 Å². The quantitative estimate of drug-likeness (QED) is 0.755. The highest BCUT2D eigenvalue weighted by molar-refractivity contribution is 5.04. The summed E-state index contributed by atoms with van der Waals surface area (Å²) < 4.78 is 5.48. The molecule has 0 aliphatic heterocycles. The molecule has 2 N–H and O–H groups in total. The molecular weight excluding hydrogens is 204 g/mol. The molecule has 0 bridgehead atoms. The van der Waals surface area contributed by atoms with Crippen molar-refractivity contribution in [3.05, 3.63) is 18.0 Å². The van der Waals surface area contributed by atoms with Gasteiger partial charge < -0.3 is 15.4 Å². The average molecular weight is 222 g/mol. The Bertz CT molecular complexity index is 341. The number of rotatable bonds is 6. The van der Waals surface area contributed by atoms with Gasteiger partial charge in [-0.1, -0.05) is 0 Å². The molecule has 0 spiro atoms. The van der Waals surface area contributed by atoms with Crippen LogP contribution in [-0.4, -0.2) is 41.1 Å². The lowest BCUT2D eigenvalue weighted by Crippen LogP contribution is -2.26. The van der Waals surface area contributed by atoms with E-state index in [1.165, 1.54) is 12.8 Å². The van der Waals surface area contributed by atoms with Crippen LogP contribution in [0.2, 0.25) is 0 Å². The lowest BCUT2D eigenvalue weighted by atomic mass is 10.4. The summed E-state index contributed by atoms with van der Waals surface area (Å²) in [6.45, 7) is 1.96. The Labute approximate surface area is 95.6 Å². The summed E-state index contributed by atoms with van der Waals surface area (Å²) in [4.78, 5) is 10.5. The van der Waals surface area contributed by atoms with Gasteiger partial charge in [0.15, 0.2) is 0 Å². The van der Waals surface area contributed by atoms with Crippen LogP contribution in [0.4, 0.5) is 0 Å². The van der Waals surface area contributed by atoms with Crippen molar-refractivity contribution in [3.63, 3.8) is 0 Å². The number of ether oxygens (including phenoxy) is 1. The zero-order valence-corrected chi connectivity index (χ0v) is 9.59. The zero-order valence-electron chi connectivity index (χ0n) is 9.59. The van der Waals surface area contributed by atoms with Gasteiger partial charge in [0.25, 0.3) is 0 Å². The third kappa shape index (κ3) is 3.15. The first-order valence-electron chi connectivity index (χ1n) is 5.64. The smallest absolute Gasteiger partial charge is 0.316 e.